The van der Waals surface area contributed by atoms with Crippen molar-refractivity contribution in [2.45, 2.75) is 0 Å². The Morgan fingerprint density at radius 3 is 1.46 bits per heavy atom. The van der Waals surface area contributed by atoms with Crippen LogP contribution in [0, 0.1) is 0 Å². The zero-order valence-electron chi connectivity index (χ0n) is 35.3. The van der Waals surface area contributed by atoms with E-state index < -0.39 is 0 Å². The van der Waals surface area contributed by atoms with E-state index in [9.17, 15) is 0 Å². The molecule has 0 spiro atoms. The van der Waals surface area contributed by atoms with Crippen molar-refractivity contribution in [2.75, 3.05) is 0 Å². The minimum atomic E-state index is 0.0588. The second-order valence-corrected chi connectivity index (χ2v) is 16.8. The summed E-state index contributed by atoms with van der Waals surface area (Å²) in [5.41, 5.74) is 13.4. The third kappa shape index (κ3) is 6.14. The molecule has 0 radical (unpaired) electrons. The highest BCUT2D eigenvalue weighted by atomic mass is 15.0. The van der Waals surface area contributed by atoms with E-state index in [2.05, 4.69) is 203 Å². The summed E-state index contributed by atoms with van der Waals surface area (Å²) in [6.07, 6.45) is 0. The van der Waals surface area contributed by atoms with Crippen molar-refractivity contribution in [2.24, 2.45) is 0 Å². The zero-order chi connectivity index (χ0) is 42.8. The van der Waals surface area contributed by atoms with Crippen LogP contribution in [0.2, 0.25) is 0 Å². The summed E-state index contributed by atoms with van der Waals surface area (Å²) >= 11 is 0. The van der Waals surface area contributed by atoms with Crippen molar-refractivity contribution in [3.63, 3.8) is 0 Å². The molecule has 0 aliphatic heterocycles. The minimum Gasteiger partial charge on any atom is -0.309 e. The van der Waals surface area contributed by atoms with Gasteiger partial charge in [0.15, 0.2) is 17.5 Å². The van der Waals surface area contributed by atoms with E-state index in [4.69, 9.17) is 15.0 Å². The van der Waals surface area contributed by atoms with Gasteiger partial charge in [0.1, 0.15) is 0 Å². The van der Waals surface area contributed by atoms with Crippen molar-refractivity contribution >= 4 is 83.0 Å². The van der Waals surface area contributed by atoms with Crippen molar-refractivity contribution in [3.05, 3.63) is 231 Å². The van der Waals surface area contributed by atoms with Gasteiger partial charge >= 0.3 is 0 Å². The van der Waals surface area contributed by atoms with Crippen LogP contribution in [0.4, 0.5) is 0 Å². The van der Waals surface area contributed by atoms with E-state index in [1.807, 2.05) is 36.4 Å². The van der Waals surface area contributed by atoms with E-state index in [1.165, 1.54) is 65.3 Å². The van der Waals surface area contributed by atoms with Crippen LogP contribution in [0.25, 0.3) is 99.8 Å². The first-order chi connectivity index (χ1) is 32.2. The van der Waals surface area contributed by atoms with Crippen molar-refractivity contribution < 1.29 is 0 Å². The van der Waals surface area contributed by atoms with Crippen molar-refractivity contribution in [1.82, 2.24) is 23.9 Å². The Balaban J connectivity index is 1.09. The molecule has 0 N–H and O–H groups in total. The summed E-state index contributed by atoms with van der Waals surface area (Å²) < 4.78 is 4.88. The third-order valence-electron chi connectivity index (χ3n) is 13.0. The highest BCUT2D eigenvalue weighted by Crippen LogP contribution is 2.39. The van der Waals surface area contributed by atoms with E-state index >= 15 is 0 Å². The van der Waals surface area contributed by atoms with Gasteiger partial charge in [0.25, 0.3) is 0 Å². The minimum absolute atomic E-state index is 0.0588. The van der Waals surface area contributed by atoms with Gasteiger partial charge in [0, 0.05) is 49.3 Å². The topological polar surface area (TPSA) is 48.0 Å². The number of hydrogen-bond donors (Lipinski definition) is 0. The molecule has 13 rings (SSSR count). The molecule has 0 saturated carbocycles. The fourth-order valence-corrected chi connectivity index (χ4v) is 10.1. The summed E-state index contributed by atoms with van der Waals surface area (Å²) in [4.78, 5) is 15.2. The molecule has 0 saturated heterocycles. The second kappa shape index (κ2) is 15.0. The molecule has 4 heterocycles. The largest absolute Gasteiger partial charge is 0.309 e. The SMILES string of the molecule is c1ccc(B(c2ccccc2)c2ccc3c(c2)c2cc4cc5c6ccccc6c6ccccc6n5c4cc2n3-c2cccc(-c3nc(-c4ccccc4)nc(-c4ccccc4)n3)c2)cc1. The molecule has 65 heavy (non-hydrogen) atoms. The third-order valence-corrected chi connectivity index (χ3v) is 13.0. The lowest BCUT2D eigenvalue weighted by Gasteiger charge is -2.16. The van der Waals surface area contributed by atoms with Gasteiger partial charge in [-0.15, -0.1) is 0 Å². The predicted octanol–water partition coefficient (Wildman–Crippen LogP) is 12.2. The molecule has 0 fully saturated rings. The van der Waals surface area contributed by atoms with Gasteiger partial charge in [0.2, 0.25) is 6.71 Å². The van der Waals surface area contributed by atoms with Crippen LogP contribution < -0.4 is 16.4 Å². The number of para-hydroxylation sites is 1. The first kappa shape index (κ1) is 37.0. The lowest BCUT2D eigenvalue weighted by molar-refractivity contribution is 1.07. The molecular weight excluding hydrogens is 789 g/mol. The van der Waals surface area contributed by atoms with E-state index in [0.717, 1.165) is 33.4 Å². The molecule has 0 unspecified atom stereocenters. The Morgan fingerprint density at radius 1 is 0.292 bits per heavy atom. The maximum absolute atomic E-state index is 5.12. The fraction of sp³-hybridized carbons (Fsp3) is 0. The van der Waals surface area contributed by atoms with Gasteiger partial charge in [-0.2, -0.15) is 0 Å². The van der Waals surface area contributed by atoms with Crippen LogP contribution in [0.1, 0.15) is 0 Å². The lowest BCUT2D eigenvalue weighted by atomic mass is 9.37. The van der Waals surface area contributed by atoms with Gasteiger partial charge < -0.3 is 8.97 Å². The molecule has 0 aliphatic carbocycles. The van der Waals surface area contributed by atoms with E-state index in [1.54, 1.807) is 0 Å². The highest BCUT2D eigenvalue weighted by molar-refractivity contribution is 6.95. The van der Waals surface area contributed by atoms with Crippen LogP contribution in [0.5, 0.6) is 0 Å². The standard InChI is InChI=1S/C59H38BN5/c1-5-18-39(19-6-1)57-61-58(40-20-7-2-8-21-40)63-59(62-57)41-22-17-27-46(34-41)64-53-33-32-45(60(43-23-9-3-10-24-43)44-25-11-4-12-26-44)37-51(53)50-35-42-36-55-49-30-14-13-28-47(49)48-29-15-16-31-52(48)65(55)54(42)38-56(50)64/h1-38H. The van der Waals surface area contributed by atoms with Crippen molar-refractivity contribution in [1.29, 1.82) is 0 Å². The number of rotatable bonds is 7. The number of aromatic nitrogens is 5. The van der Waals surface area contributed by atoms with Crippen LogP contribution >= 0.6 is 0 Å². The van der Waals surface area contributed by atoms with Gasteiger partial charge in [0.05, 0.1) is 27.6 Å². The van der Waals surface area contributed by atoms with Crippen LogP contribution in [0.15, 0.2) is 231 Å². The van der Waals surface area contributed by atoms with E-state index in [-0.39, 0.29) is 6.71 Å². The quantitative estimate of drug-likeness (QED) is 0.119. The molecule has 6 heteroatoms. The molecule has 9 aromatic carbocycles. The summed E-state index contributed by atoms with van der Waals surface area (Å²) in [6.45, 7) is 0.0588. The average Bonchev–Trinajstić information content (AvgIpc) is 3.92. The Bertz CT molecular complexity index is 3840. The molecule has 0 aliphatic rings. The van der Waals surface area contributed by atoms with Gasteiger partial charge in [-0.3, -0.25) is 0 Å². The number of pyridine rings is 1. The summed E-state index contributed by atoms with van der Waals surface area (Å²) in [5.74, 6) is 1.89. The van der Waals surface area contributed by atoms with Crippen LogP contribution in [0.3, 0.4) is 0 Å². The van der Waals surface area contributed by atoms with Gasteiger partial charge in [-0.1, -0.05) is 204 Å². The molecule has 302 valence electrons. The molecule has 4 aromatic heterocycles. The first-order valence-electron chi connectivity index (χ1n) is 22.1. The summed E-state index contributed by atoms with van der Waals surface area (Å²) in [6, 6.07) is 82.5. The Kier molecular flexibility index (Phi) is 8.56. The number of benzene rings is 9. The van der Waals surface area contributed by atoms with E-state index in [0.29, 0.717) is 17.5 Å². The molecule has 0 amide bonds. The molecule has 0 atom stereocenters. The summed E-state index contributed by atoms with van der Waals surface area (Å²) in [5, 5.41) is 7.33. The number of nitrogens with zero attached hydrogens (tertiary/aromatic N) is 5. The molecule has 13 aromatic rings. The molecule has 0 bridgehead atoms. The predicted molar refractivity (Wildman–Crippen MR) is 271 cm³/mol. The average molecular weight is 828 g/mol. The molecule has 5 nitrogen and oxygen atoms in total. The summed E-state index contributed by atoms with van der Waals surface area (Å²) in [7, 11) is 0. The van der Waals surface area contributed by atoms with Crippen LogP contribution in [-0.4, -0.2) is 30.6 Å². The van der Waals surface area contributed by atoms with Crippen LogP contribution in [-0.2, 0) is 0 Å². The highest BCUT2D eigenvalue weighted by Gasteiger charge is 2.24. The van der Waals surface area contributed by atoms with Gasteiger partial charge in [-0.05, 0) is 47.9 Å². The monoisotopic (exact) mass is 827 g/mol. The normalized spacial score (nSPS) is 11.7. The smallest absolute Gasteiger partial charge is 0.241 e. The second-order valence-electron chi connectivity index (χ2n) is 16.8. The first-order valence-corrected chi connectivity index (χ1v) is 22.1. The number of fused-ring (bicyclic) bond motifs is 11. The number of hydrogen-bond acceptors (Lipinski definition) is 3. The Labute approximate surface area is 375 Å². The zero-order valence-corrected chi connectivity index (χ0v) is 35.3. The Hall–Kier alpha value is -8.61. The lowest BCUT2D eigenvalue weighted by Crippen LogP contribution is -2.51. The Morgan fingerprint density at radius 2 is 0.815 bits per heavy atom. The fourth-order valence-electron chi connectivity index (χ4n) is 10.1. The maximum Gasteiger partial charge on any atom is 0.241 e. The van der Waals surface area contributed by atoms with Gasteiger partial charge in [-0.25, -0.2) is 15.0 Å². The van der Waals surface area contributed by atoms with Crippen molar-refractivity contribution in [3.8, 4) is 39.9 Å². The maximum atomic E-state index is 5.12. The molecular formula is C59H38BN5.